The lowest BCUT2D eigenvalue weighted by molar-refractivity contribution is 0.0937. The molecule has 0 saturated carbocycles. The molecule has 1 amide bonds. The fourth-order valence-electron chi connectivity index (χ4n) is 3.68. The summed E-state index contributed by atoms with van der Waals surface area (Å²) in [6.45, 7) is 2.87. The van der Waals surface area contributed by atoms with Crippen molar-refractivity contribution in [1.29, 1.82) is 0 Å². The van der Waals surface area contributed by atoms with Gasteiger partial charge < -0.3 is 14.8 Å². The molecule has 0 saturated heterocycles. The number of thioether (sulfide) groups is 1. The standard InChI is InChI=1S/C27H27N3O4S/c1-18-5-4-6-19(15-18)17-35-27-29-24-16-20(25(31)28-13-14-33-2)7-12-23(24)26(32)30(27)21-8-10-22(34-3)11-9-21/h4-12,15-16H,13-14,17H2,1-3H3,(H,28,31). The van der Waals surface area contributed by atoms with Crippen molar-refractivity contribution in [3.8, 4) is 11.4 Å². The van der Waals surface area contributed by atoms with Crippen molar-refractivity contribution in [2.24, 2.45) is 0 Å². The molecule has 0 aliphatic rings. The van der Waals surface area contributed by atoms with Gasteiger partial charge in [0.1, 0.15) is 5.75 Å². The lowest BCUT2D eigenvalue weighted by atomic mass is 10.1. The van der Waals surface area contributed by atoms with Gasteiger partial charge in [-0.25, -0.2) is 4.98 Å². The molecule has 4 rings (SSSR count). The van der Waals surface area contributed by atoms with Crippen LogP contribution in [0.5, 0.6) is 5.75 Å². The first-order valence-electron chi connectivity index (χ1n) is 11.2. The molecule has 1 heterocycles. The van der Waals surface area contributed by atoms with Gasteiger partial charge in [-0.1, -0.05) is 41.6 Å². The highest BCUT2D eigenvalue weighted by atomic mass is 32.2. The summed E-state index contributed by atoms with van der Waals surface area (Å²) in [6, 6.07) is 20.5. The van der Waals surface area contributed by atoms with Crippen LogP contribution < -0.4 is 15.6 Å². The van der Waals surface area contributed by atoms with E-state index in [1.165, 1.54) is 17.3 Å². The average Bonchev–Trinajstić information content (AvgIpc) is 2.87. The third-order valence-electron chi connectivity index (χ3n) is 5.47. The predicted octanol–water partition coefficient (Wildman–Crippen LogP) is 4.37. The summed E-state index contributed by atoms with van der Waals surface area (Å²) >= 11 is 1.48. The van der Waals surface area contributed by atoms with Gasteiger partial charge in [0.15, 0.2) is 5.16 Å². The van der Waals surface area contributed by atoms with Gasteiger partial charge in [-0.05, 0) is 55.0 Å². The first kappa shape index (κ1) is 24.5. The number of hydrogen-bond donors (Lipinski definition) is 1. The molecular formula is C27H27N3O4S. The fourth-order valence-corrected chi connectivity index (χ4v) is 4.64. The van der Waals surface area contributed by atoms with Crippen LogP contribution in [0.25, 0.3) is 16.6 Å². The number of aromatic nitrogens is 2. The second kappa shape index (κ2) is 11.2. The number of nitrogens with one attached hydrogen (secondary N) is 1. The van der Waals surface area contributed by atoms with E-state index in [1.54, 1.807) is 37.0 Å². The van der Waals surface area contributed by atoms with Gasteiger partial charge >= 0.3 is 0 Å². The summed E-state index contributed by atoms with van der Waals surface area (Å²) in [7, 11) is 3.18. The highest BCUT2D eigenvalue weighted by molar-refractivity contribution is 7.98. The number of methoxy groups -OCH3 is 2. The van der Waals surface area contributed by atoms with E-state index in [9.17, 15) is 9.59 Å². The van der Waals surface area contributed by atoms with Crippen LogP contribution in [-0.2, 0) is 10.5 Å². The second-order valence-electron chi connectivity index (χ2n) is 7.99. The molecule has 8 heteroatoms. The summed E-state index contributed by atoms with van der Waals surface area (Å²) in [5, 5.41) is 3.79. The summed E-state index contributed by atoms with van der Waals surface area (Å²) in [6.07, 6.45) is 0. The normalized spacial score (nSPS) is 10.9. The zero-order valence-electron chi connectivity index (χ0n) is 19.9. The number of aryl methyl sites for hydroxylation is 1. The van der Waals surface area contributed by atoms with Crippen molar-refractivity contribution in [3.05, 3.63) is 93.8 Å². The number of carbonyl (C=O) groups excluding carboxylic acids is 1. The highest BCUT2D eigenvalue weighted by Gasteiger charge is 2.16. The molecule has 4 aromatic rings. The molecule has 0 spiro atoms. The molecule has 0 fully saturated rings. The number of ether oxygens (including phenoxy) is 2. The lowest BCUT2D eigenvalue weighted by Gasteiger charge is -2.14. The number of rotatable bonds is 9. The third kappa shape index (κ3) is 5.72. The summed E-state index contributed by atoms with van der Waals surface area (Å²) in [5.74, 6) is 1.11. The smallest absolute Gasteiger partial charge is 0.266 e. The van der Waals surface area contributed by atoms with Gasteiger partial charge in [0, 0.05) is 25.0 Å². The number of hydrogen-bond acceptors (Lipinski definition) is 6. The van der Waals surface area contributed by atoms with Crippen molar-refractivity contribution in [2.45, 2.75) is 17.8 Å². The lowest BCUT2D eigenvalue weighted by Crippen LogP contribution is -2.27. The summed E-state index contributed by atoms with van der Waals surface area (Å²) in [5.41, 5.74) is 3.72. The summed E-state index contributed by atoms with van der Waals surface area (Å²) < 4.78 is 11.9. The molecule has 3 aromatic carbocycles. The Labute approximate surface area is 208 Å². The molecule has 1 N–H and O–H groups in total. The second-order valence-corrected chi connectivity index (χ2v) is 8.93. The van der Waals surface area contributed by atoms with Crippen LogP contribution >= 0.6 is 11.8 Å². The predicted molar refractivity (Wildman–Crippen MR) is 139 cm³/mol. The van der Waals surface area contributed by atoms with Gasteiger partial charge in [-0.3, -0.25) is 14.2 Å². The van der Waals surface area contributed by atoms with Crippen LogP contribution in [0.1, 0.15) is 21.5 Å². The van der Waals surface area contributed by atoms with Gasteiger partial charge in [-0.15, -0.1) is 0 Å². The average molecular weight is 490 g/mol. The molecule has 0 aliphatic carbocycles. The van der Waals surface area contributed by atoms with Crippen LogP contribution in [0.2, 0.25) is 0 Å². The minimum atomic E-state index is -0.237. The Kier molecular flexibility index (Phi) is 7.84. The minimum Gasteiger partial charge on any atom is -0.497 e. The Morgan fingerprint density at radius 1 is 1.06 bits per heavy atom. The van der Waals surface area contributed by atoms with Crippen molar-refractivity contribution < 1.29 is 14.3 Å². The summed E-state index contributed by atoms with van der Waals surface area (Å²) in [4.78, 5) is 31.0. The van der Waals surface area contributed by atoms with Crippen molar-refractivity contribution >= 4 is 28.6 Å². The molecule has 0 unspecified atom stereocenters. The van der Waals surface area contributed by atoms with Gasteiger partial charge in [0.05, 0.1) is 30.3 Å². The molecule has 35 heavy (non-hydrogen) atoms. The number of amides is 1. The topological polar surface area (TPSA) is 82.5 Å². The molecule has 180 valence electrons. The Hall–Kier alpha value is -3.62. The Bertz CT molecular complexity index is 1400. The monoisotopic (exact) mass is 489 g/mol. The number of benzene rings is 3. The van der Waals surface area contributed by atoms with Crippen LogP contribution in [0.15, 0.2) is 76.7 Å². The van der Waals surface area contributed by atoms with Crippen LogP contribution in [0.3, 0.4) is 0 Å². The maximum absolute atomic E-state index is 13.6. The first-order valence-corrected chi connectivity index (χ1v) is 12.2. The molecule has 0 bridgehead atoms. The third-order valence-corrected chi connectivity index (χ3v) is 6.48. The molecule has 7 nitrogen and oxygen atoms in total. The number of fused-ring (bicyclic) bond motifs is 1. The highest BCUT2D eigenvalue weighted by Crippen LogP contribution is 2.26. The van der Waals surface area contributed by atoms with E-state index in [2.05, 4.69) is 30.4 Å². The maximum Gasteiger partial charge on any atom is 0.266 e. The van der Waals surface area contributed by atoms with E-state index in [4.69, 9.17) is 14.5 Å². The Morgan fingerprint density at radius 3 is 2.57 bits per heavy atom. The quantitative estimate of drug-likeness (QED) is 0.214. The van der Waals surface area contributed by atoms with Crippen LogP contribution in [0.4, 0.5) is 0 Å². The molecule has 0 radical (unpaired) electrons. The van der Waals surface area contributed by atoms with Gasteiger partial charge in [-0.2, -0.15) is 0 Å². The maximum atomic E-state index is 13.6. The molecule has 0 atom stereocenters. The zero-order chi connectivity index (χ0) is 24.8. The first-order chi connectivity index (χ1) is 17.0. The van der Waals surface area contributed by atoms with E-state index in [1.807, 2.05) is 30.3 Å². The fraction of sp³-hybridized carbons (Fsp3) is 0.222. The molecule has 0 aliphatic heterocycles. The van der Waals surface area contributed by atoms with Crippen molar-refractivity contribution in [2.75, 3.05) is 27.4 Å². The molecular weight excluding hydrogens is 462 g/mol. The van der Waals surface area contributed by atoms with Crippen molar-refractivity contribution in [1.82, 2.24) is 14.9 Å². The Balaban J connectivity index is 1.77. The van der Waals surface area contributed by atoms with Crippen LogP contribution in [0, 0.1) is 6.92 Å². The minimum absolute atomic E-state index is 0.196. The van der Waals surface area contributed by atoms with Gasteiger partial charge in [0.2, 0.25) is 0 Å². The van der Waals surface area contributed by atoms with E-state index >= 15 is 0 Å². The SMILES string of the molecule is COCCNC(=O)c1ccc2c(=O)n(-c3ccc(OC)cc3)c(SCc3cccc(C)c3)nc2c1. The van der Waals surface area contributed by atoms with Gasteiger partial charge in [0.25, 0.3) is 11.5 Å². The van der Waals surface area contributed by atoms with E-state index in [0.29, 0.717) is 52.0 Å². The Morgan fingerprint density at radius 2 is 1.86 bits per heavy atom. The molecule has 1 aromatic heterocycles. The van der Waals surface area contributed by atoms with Crippen LogP contribution in [-0.4, -0.2) is 42.8 Å². The van der Waals surface area contributed by atoms with E-state index < -0.39 is 0 Å². The van der Waals surface area contributed by atoms with E-state index in [0.717, 1.165) is 5.56 Å². The van der Waals surface area contributed by atoms with Crippen molar-refractivity contribution in [3.63, 3.8) is 0 Å². The van der Waals surface area contributed by atoms with E-state index in [-0.39, 0.29) is 11.5 Å². The number of carbonyl (C=O) groups is 1. The largest absolute Gasteiger partial charge is 0.497 e. The number of nitrogens with zero attached hydrogens (tertiary/aromatic N) is 2. The zero-order valence-corrected chi connectivity index (χ0v) is 20.7.